The maximum absolute atomic E-state index is 14.3. The Balaban J connectivity index is 1.65. The van der Waals surface area contributed by atoms with Crippen LogP contribution in [0.2, 0.25) is 0 Å². The quantitative estimate of drug-likeness (QED) is 0.214. The van der Waals surface area contributed by atoms with E-state index >= 15 is 0 Å². The Hall–Kier alpha value is -1.85. The molecule has 0 unspecified atom stereocenters. The third-order valence-electron chi connectivity index (χ3n) is 13.8. The molecule has 5 aliphatic rings. The molecule has 0 aromatic heterocycles. The Morgan fingerprint density at radius 3 is 2.12 bits per heavy atom. The van der Waals surface area contributed by atoms with Gasteiger partial charge in [0.05, 0.1) is 25.0 Å². The largest absolute Gasteiger partial charge is 0.469 e. The molecule has 5 rings (SSSR count). The minimum atomic E-state index is -0.747. The van der Waals surface area contributed by atoms with E-state index in [1.54, 1.807) is 0 Å². The van der Waals surface area contributed by atoms with Gasteiger partial charge < -0.3 is 14.2 Å². The van der Waals surface area contributed by atoms with Gasteiger partial charge in [-0.2, -0.15) is 0 Å². The van der Waals surface area contributed by atoms with E-state index < -0.39 is 10.8 Å². The van der Waals surface area contributed by atoms with Crippen LogP contribution >= 0.6 is 0 Å². The molecule has 0 spiro atoms. The summed E-state index contributed by atoms with van der Waals surface area (Å²) in [7, 11) is 3.05. The standard InChI is InChI=1S/C34H52O6/c1-20-12-17-33(28(36)38-8)18-19-34(29(37)39-9)23(27(33)21(20)2)10-11-25-31(6)15-14-26(40-22(3)35)30(4,5)24(31)13-16-32(25,34)7/h10,20-21,24-27H,11-19H2,1-9H3/t20-,21-,24+,25+,26-,27+,31+,32+,33-,34+/m0/s1. The van der Waals surface area contributed by atoms with Gasteiger partial charge in [-0.05, 0) is 98.2 Å². The second kappa shape index (κ2) is 9.59. The van der Waals surface area contributed by atoms with Gasteiger partial charge in [0, 0.05) is 12.3 Å². The predicted octanol–water partition coefficient (Wildman–Crippen LogP) is 6.90. The number of allylic oxidation sites excluding steroid dienone is 1. The molecule has 6 heteroatoms. The SMILES string of the molecule is COC(=O)[C@]12CC[C@H](C)[C@H](C)[C@@H]1C1=CC[C@@H]3[C@]4(C)CC[C@H](OC(C)=O)C(C)(C)[C@H]4CC[C@@]3(C)[C@]1(C(=O)OC)CC2. The van der Waals surface area contributed by atoms with Crippen LogP contribution in [0, 0.1) is 56.7 Å². The molecule has 0 N–H and O–H groups in total. The average Bonchev–Trinajstić information content (AvgIpc) is 2.90. The smallest absolute Gasteiger partial charge is 0.316 e. The first kappa shape index (κ1) is 29.6. The highest BCUT2D eigenvalue weighted by molar-refractivity contribution is 5.86. The summed E-state index contributed by atoms with van der Waals surface area (Å²) in [6.07, 6.45) is 10.0. The maximum Gasteiger partial charge on any atom is 0.316 e. The van der Waals surface area contributed by atoms with Crippen molar-refractivity contribution >= 4 is 17.9 Å². The molecule has 5 aliphatic carbocycles. The van der Waals surface area contributed by atoms with E-state index in [1.165, 1.54) is 26.7 Å². The summed E-state index contributed by atoms with van der Waals surface area (Å²) >= 11 is 0. The Morgan fingerprint density at radius 2 is 1.50 bits per heavy atom. The van der Waals surface area contributed by atoms with Gasteiger partial charge in [-0.3, -0.25) is 14.4 Å². The van der Waals surface area contributed by atoms with Crippen LogP contribution in [0.3, 0.4) is 0 Å². The summed E-state index contributed by atoms with van der Waals surface area (Å²) in [4.78, 5) is 39.9. The van der Waals surface area contributed by atoms with E-state index in [1.807, 2.05) is 0 Å². The highest BCUT2D eigenvalue weighted by Crippen LogP contribution is 2.76. The van der Waals surface area contributed by atoms with Gasteiger partial charge in [0.1, 0.15) is 6.10 Å². The Bertz CT molecular complexity index is 1110. The summed E-state index contributed by atoms with van der Waals surface area (Å²) < 4.78 is 17.1. The van der Waals surface area contributed by atoms with Gasteiger partial charge in [0.25, 0.3) is 0 Å². The molecule has 4 fully saturated rings. The third-order valence-corrected chi connectivity index (χ3v) is 13.8. The molecule has 40 heavy (non-hydrogen) atoms. The van der Waals surface area contributed by atoms with Gasteiger partial charge >= 0.3 is 17.9 Å². The van der Waals surface area contributed by atoms with Crippen molar-refractivity contribution in [2.24, 2.45) is 56.7 Å². The van der Waals surface area contributed by atoms with Crippen molar-refractivity contribution in [1.29, 1.82) is 0 Å². The highest BCUT2D eigenvalue weighted by Gasteiger charge is 2.73. The van der Waals surface area contributed by atoms with Crippen molar-refractivity contribution in [3.05, 3.63) is 11.6 Å². The topological polar surface area (TPSA) is 78.9 Å². The van der Waals surface area contributed by atoms with Gasteiger partial charge in [-0.1, -0.05) is 53.2 Å². The fourth-order valence-electron chi connectivity index (χ4n) is 11.7. The zero-order valence-corrected chi connectivity index (χ0v) is 26.4. The minimum Gasteiger partial charge on any atom is -0.469 e. The Kier molecular flexibility index (Phi) is 7.11. The summed E-state index contributed by atoms with van der Waals surface area (Å²) in [6.45, 7) is 15.5. The maximum atomic E-state index is 14.3. The number of methoxy groups -OCH3 is 2. The van der Waals surface area contributed by atoms with Crippen molar-refractivity contribution in [1.82, 2.24) is 0 Å². The number of fused-ring (bicyclic) bond motifs is 7. The lowest BCUT2D eigenvalue weighted by Gasteiger charge is -2.70. The minimum absolute atomic E-state index is 0.00143. The van der Waals surface area contributed by atoms with Crippen molar-refractivity contribution in [2.45, 2.75) is 112 Å². The van der Waals surface area contributed by atoms with Crippen LogP contribution in [-0.4, -0.2) is 38.2 Å². The highest BCUT2D eigenvalue weighted by atomic mass is 16.5. The molecule has 0 aromatic rings. The first-order valence-corrected chi connectivity index (χ1v) is 15.7. The second-order valence-electron chi connectivity index (χ2n) is 15.3. The van der Waals surface area contributed by atoms with E-state index in [-0.39, 0.29) is 52.1 Å². The average molecular weight is 557 g/mol. The molecule has 6 nitrogen and oxygen atoms in total. The van der Waals surface area contributed by atoms with Gasteiger partial charge in [0.15, 0.2) is 0 Å². The van der Waals surface area contributed by atoms with Crippen molar-refractivity contribution in [3.8, 4) is 0 Å². The van der Waals surface area contributed by atoms with E-state index in [2.05, 4.69) is 47.6 Å². The summed E-state index contributed by atoms with van der Waals surface area (Å²) in [5, 5.41) is 0. The molecule has 0 radical (unpaired) electrons. The summed E-state index contributed by atoms with van der Waals surface area (Å²) in [6, 6.07) is 0. The number of carbonyl (C=O) groups excluding carboxylic acids is 3. The molecule has 0 aliphatic heterocycles. The predicted molar refractivity (Wildman–Crippen MR) is 153 cm³/mol. The number of hydrogen-bond donors (Lipinski definition) is 0. The lowest BCUT2D eigenvalue weighted by atomic mass is 9.33. The zero-order chi connectivity index (χ0) is 29.5. The zero-order valence-electron chi connectivity index (χ0n) is 26.4. The molecule has 0 saturated heterocycles. The molecule has 0 aromatic carbocycles. The van der Waals surface area contributed by atoms with Gasteiger partial charge in [0.2, 0.25) is 0 Å². The normalized spacial score (nSPS) is 47.3. The molecule has 0 bridgehead atoms. The molecule has 224 valence electrons. The van der Waals surface area contributed by atoms with Gasteiger partial charge in [-0.25, -0.2) is 0 Å². The van der Waals surface area contributed by atoms with Gasteiger partial charge in [-0.15, -0.1) is 0 Å². The van der Waals surface area contributed by atoms with E-state index in [4.69, 9.17) is 14.2 Å². The molecule has 0 heterocycles. The van der Waals surface area contributed by atoms with Crippen LogP contribution in [0.1, 0.15) is 106 Å². The summed E-state index contributed by atoms with van der Waals surface area (Å²) in [5.74, 6) is 0.962. The fourth-order valence-corrected chi connectivity index (χ4v) is 11.7. The van der Waals surface area contributed by atoms with E-state index in [0.29, 0.717) is 30.6 Å². The number of rotatable bonds is 3. The van der Waals surface area contributed by atoms with Crippen molar-refractivity contribution < 1.29 is 28.6 Å². The first-order chi connectivity index (χ1) is 18.7. The molecular weight excluding hydrogens is 504 g/mol. The van der Waals surface area contributed by atoms with Crippen molar-refractivity contribution in [2.75, 3.05) is 14.2 Å². The van der Waals surface area contributed by atoms with Crippen LogP contribution in [0.15, 0.2) is 11.6 Å². The third kappa shape index (κ3) is 3.62. The molecule has 4 saturated carbocycles. The number of hydrogen-bond acceptors (Lipinski definition) is 6. The van der Waals surface area contributed by atoms with E-state index in [9.17, 15) is 14.4 Å². The number of esters is 3. The number of ether oxygens (including phenoxy) is 3. The molecular formula is C34H52O6. The van der Waals surface area contributed by atoms with E-state index in [0.717, 1.165) is 44.9 Å². The summed E-state index contributed by atoms with van der Waals surface area (Å²) in [5.41, 5.74) is -0.589. The molecule has 0 amide bonds. The molecule has 10 atom stereocenters. The van der Waals surface area contributed by atoms with Crippen LogP contribution in [-0.2, 0) is 28.6 Å². The second-order valence-corrected chi connectivity index (χ2v) is 15.3. The Labute approximate surface area is 241 Å². The lowest BCUT2D eigenvalue weighted by Crippen LogP contribution is -2.68. The van der Waals surface area contributed by atoms with Crippen LogP contribution < -0.4 is 0 Å². The lowest BCUT2D eigenvalue weighted by molar-refractivity contribution is -0.222. The van der Waals surface area contributed by atoms with Crippen molar-refractivity contribution in [3.63, 3.8) is 0 Å². The van der Waals surface area contributed by atoms with Crippen LogP contribution in [0.5, 0.6) is 0 Å². The monoisotopic (exact) mass is 556 g/mol. The number of carbonyl (C=O) groups is 3. The van der Waals surface area contributed by atoms with Crippen LogP contribution in [0.25, 0.3) is 0 Å². The Morgan fingerprint density at radius 1 is 0.825 bits per heavy atom. The first-order valence-electron chi connectivity index (χ1n) is 15.7. The fraction of sp³-hybridized carbons (Fsp3) is 0.853. The van der Waals surface area contributed by atoms with Crippen LogP contribution in [0.4, 0.5) is 0 Å².